The topological polar surface area (TPSA) is 59.0 Å². The van der Waals surface area contributed by atoms with Crippen molar-refractivity contribution >= 4 is 21.8 Å². The molecule has 106 valence electrons. The van der Waals surface area contributed by atoms with Gasteiger partial charge >= 0.3 is 0 Å². The maximum absolute atomic E-state index is 11.8. The number of hydrogen-bond donors (Lipinski definition) is 1. The summed E-state index contributed by atoms with van der Waals surface area (Å²) in [4.78, 5) is 13.2. The Labute approximate surface area is 121 Å². The second kappa shape index (κ2) is 8.14. The lowest BCUT2D eigenvalue weighted by molar-refractivity contribution is -0.133. The van der Waals surface area contributed by atoms with Crippen LogP contribution < -0.4 is 4.74 Å². The van der Waals surface area contributed by atoms with E-state index in [-0.39, 0.29) is 25.7 Å². The number of halogens is 1. The van der Waals surface area contributed by atoms with Crippen molar-refractivity contribution in [2.75, 3.05) is 33.9 Å². The lowest BCUT2D eigenvalue weighted by Gasteiger charge is -2.20. The minimum Gasteiger partial charge on any atom is -0.484 e. The highest BCUT2D eigenvalue weighted by molar-refractivity contribution is 9.10. The lowest BCUT2D eigenvalue weighted by Crippen LogP contribution is -2.38. The van der Waals surface area contributed by atoms with E-state index >= 15 is 0 Å². The molecule has 1 N–H and O–H groups in total. The van der Waals surface area contributed by atoms with Crippen molar-refractivity contribution in [1.29, 1.82) is 0 Å². The van der Waals surface area contributed by atoms with E-state index in [1.807, 2.05) is 12.1 Å². The van der Waals surface area contributed by atoms with E-state index in [2.05, 4.69) is 15.9 Å². The molecule has 0 fully saturated rings. The van der Waals surface area contributed by atoms with E-state index in [9.17, 15) is 9.90 Å². The molecule has 0 spiro atoms. The van der Waals surface area contributed by atoms with Gasteiger partial charge in [-0.25, -0.2) is 0 Å². The molecule has 0 radical (unpaired) electrons. The average Bonchev–Trinajstić information content (AvgIpc) is 2.37. The van der Waals surface area contributed by atoms with E-state index in [0.29, 0.717) is 5.75 Å². The van der Waals surface area contributed by atoms with Gasteiger partial charge in [-0.2, -0.15) is 0 Å². The number of methoxy groups -OCH3 is 1. The molecular formula is C13H18BrNO4. The van der Waals surface area contributed by atoms with Crippen molar-refractivity contribution in [3.63, 3.8) is 0 Å². The largest absolute Gasteiger partial charge is 0.484 e. The van der Waals surface area contributed by atoms with Crippen molar-refractivity contribution in [1.82, 2.24) is 4.90 Å². The number of rotatable bonds is 7. The molecule has 0 saturated carbocycles. The van der Waals surface area contributed by atoms with Gasteiger partial charge in [0.25, 0.3) is 5.91 Å². The molecule has 0 aromatic heterocycles. The van der Waals surface area contributed by atoms with Gasteiger partial charge in [0.15, 0.2) is 6.61 Å². The zero-order valence-corrected chi connectivity index (χ0v) is 12.6. The summed E-state index contributed by atoms with van der Waals surface area (Å²) < 4.78 is 11.1. The lowest BCUT2D eigenvalue weighted by atomic mass is 10.3. The molecular weight excluding hydrogens is 314 g/mol. The summed E-state index contributed by atoms with van der Waals surface area (Å²) >= 11 is 3.32. The Morgan fingerprint density at radius 1 is 1.42 bits per heavy atom. The minimum atomic E-state index is -0.688. The molecule has 0 bridgehead atoms. The highest BCUT2D eigenvalue weighted by atomic mass is 79.9. The van der Waals surface area contributed by atoms with Crippen LogP contribution in [-0.2, 0) is 9.53 Å². The Morgan fingerprint density at radius 3 is 2.63 bits per heavy atom. The molecule has 1 unspecified atom stereocenters. The van der Waals surface area contributed by atoms with Gasteiger partial charge in [-0.1, -0.05) is 15.9 Å². The summed E-state index contributed by atoms with van der Waals surface area (Å²) in [7, 11) is 3.12. The molecule has 1 aromatic carbocycles. The normalized spacial score (nSPS) is 12.0. The summed E-state index contributed by atoms with van der Waals surface area (Å²) in [5.41, 5.74) is 0. The molecule has 1 rings (SSSR count). The minimum absolute atomic E-state index is 0.0577. The monoisotopic (exact) mass is 331 g/mol. The standard InChI is InChI=1S/C13H18BrNO4/c1-15(7-11(16)8-18-2)13(17)9-19-12-5-3-10(14)4-6-12/h3-6,11,16H,7-9H2,1-2H3. The van der Waals surface area contributed by atoms with E-state index in [4.69, 9.17) is 9.47 Å². The number of carbonyl (C=O) groups excluding carboxylic acids is 1. The predicted molar refractivity (Wildman–Crippen MR) is 75.2 cm³/mol. The fraction of sp³-hybridized carbons (Fsp3) is 0.462. The number of amides is 1. The molecule has 0 heterocycles. The molecule has 0 aliphatic rings. The number of carbonyl (C=O) groups is 1. The molecule has 19 heavy (non-hydrogen) atoms. The van der Waals surface area contributed by atoms with Gasteiger partial charge in [0.05, 0.1) is 12.7 Å². The first-order chi connectivity index (χ1) is 9.02. The Balaban J connectivity index is 2.36. The van der Waals surface area contributed by atoms with Gasteiger partial charge < -0.3 is 19.5 Å². The van der Waals surface area contributed by atoms with Crippen molar-refractivity contribution in [3.05, 3.63) is 28.7 Å². The number of ether oxygens (including phenoxy) is 2. The predicted octanol–water partition coefficient (Wildman–Crippen LogP) is 1.29. The van der Waals surface area contributed by atoms with Crippen LogP contribution in [0.1, 0.15) is 0 Å². The summed E-state index contributed by atoms with van der Waals surface area (Å²) in [6, 6.07) is 7.23. The maximum Gasteiger partial charge on any atom is 0.260 e. The van der Waals surface area contributed by atoms with Gasteiger partial charge in [0, 0.05) is 25.2 Å². The molecule has 5 nitrogen and oxygen atoms in total. The summed E-state index contributed by atoms with van der Waals surface area (Å²) in [5, 5.41) is 9.52. The maximum atomic E-state index is 11.8. The van der Waals surface area contributed by atoms with Gasteiger partial charge in [-0.15, -0.1) is 0 Å². The van der Waals surface area contributed by atoms with Gasteiger partial charge in [-0.3, -0.25) is 4.79 Å². The number of hydrogen-bond acceptors (Lipinski definition) is 4. The first kappa shape index (κ1) is 15.9. The molecule has 0 aliphatic carbocycles. The first-order valence-corrected chi connectivity index (χ1v) is 6.61. The van der Waals surface area contributed by atoms with Crippen LogP contribution in [0.4, 0.5) is 0 Å². The second-order valence-corrected chi connectivity index (χ2v) is 5.04. The van der Waals surface area contributed by atoms with E-state index in [0.717, 1.165) is 4.47 Å². The fourth-order valence-electron chi connectivity index (χ4n) is 1.45. The first-order valence-electron chi connectivity index (χ1n) is 5.82. The molecule has 1 atom stereocenters. The van der Waals surface area contributed by atoms with Crippen molar-refractivity contribution in [3.8, 4) is 5.75 Å². The van der Waals surface area contributed by atoms with Crippen LogP contribution >= 0.6 is 15.9 Å². The smallest absolute Gasteiger partial charge is 0.260 e. The van der Waals surface area contributed by atoms with E-state index in [1.54, 1.807) is 19.2 Å². The highest BCUT2D eigenvalue weighted by Crippen LogP contribution is 2.15. The SMILES string of the molecule is COCC(O)CN(C)C(=O)COc1ccc(Br)cc1. The van der Waals surface area contributed by atoms with Crippen molar-refractivity contribution in [2.45, 2.75) is 6.10 Å². The Bertz CT molecular complexity index is 396. The average molecular weight is 332 g/mol. The fourth-order valence-corrected chi connectivity index (χ4v) is 1.71. The third-order valence-electron chi connectivity index (χ3n) is 2.45. The van der Waals surface area contributed by atoms with Crippen LogP contribution in [0, 0.1) is 0 Å². The van der Waals surface area contributed by atoms with Crippen LogP contribution in [0.2, 0.25) is 0 Å². The van der Waals surface area contributed by atoms with Crippen molar-refractivity contribution in [2.24, 2.45) is 0 Å². The van der Waals surface area contributed by atoms with Gasteiger partial charge in [0.2, 0.25) is 0 Å². The van der Waals surface area contributed by atoms with Crippen LogP contribution in [0.3, 0.4) is 0 Å². The molecule has 6 heteroatoms. The van der Waals surface area contributed by atoms with E-state index < -0.39 is 6.10 Å². The number of benzene rings is 1. The number of aliphatic hydroxyl groups excluding tert-OH is 1. The van der Waals surface area contributed by atoms with Crippen LogP contribution in [-0.4, -0.2) is 55.9 Å². The zero-order chi connectivity index (χ0) is 14.3. The van der Waals surface area contributed by atoms with Gasteiger partial charge in [-0.05, 0) is 24.3 Å². The molecule has 1 amide bonds. The van der Waals surface area contributed by atoms with Crippen LogP contribution in [0.15, 0.2) is 28.7 Å². The van der Waals surface area contributed by atoms with Crippen molar-refractivity contribution < 1.29 is 19.4 Å². The molecule has 0 saturated heterocycles. The summed E-state index contributed by atoms with van der Waals surface area (Å²) in [6.45, 7) is 0.361. The quantitative estimate of drug-likeness (QED) is 0.818. The second-order valence-electron chi connectivity index (χ2n) is 4.13. The highest BCUT2D eigenvalue weighted by Gasteiger charge is 2.14. The number of aliphatic hydroxyl groups is 1. The Kier molecular flexibility index (Phi) is 6.83. The molecule has 0 aliphatic heterocycles. The Morgan fingerprint density at radius 2 is 2.05 bits per heavy atom. The van der Waals surface area contributed by atoms with Gasteiger partial charge in [0.1, 0.15) is 5.75 Å². The third-order valence-corrected chi connectivity index (χ3v) is 2.97. The summed E-state index contributed by atoms with van der Waals surface area (Å²) in [5.74, 6) is 0.431. The molecule has 1 aromatic rings. The Hall–Kier alpha value is -1.11. The third kappa shape index (κ3) is 6.04. The summed E-state index contributed by atoms with van der Waals surface area (Å²) in [6.07, 6.45) is -0.688. The van der Waals surface area contributed by atoms with Crippen LogP contribution in [0.25, 0.3) is 0 Å². The van der Waals surface area contributed by atoms with E-state index in [1.165, 1.54) is 12.0 Å². The number of nitrogens with zero attached hydrogens (tertiary/aromatic N) is 1. The van der Waals surface area contributed by atoms with Crippen LogP contribution in [0.5, 0.6) is 5.75 Å². The zero-order valence-electron chi connectivity index (χ0n) is 11.0. The number of likely N-dealkylation sites (N-methyl/N-ethyl adjacent to an activating group) is 1.